The van der Waals surface area contributed by atoms with Gasteiger partial charge in [-0.25, -0.2) is 9.97 Å². The van der Waals surface area contributed by atoms with Crippen molar-refractivity contribution in [3.63, 3.8) is 0 Å². The van der Waals surface area contributed by atoms with Crippen LogP contribution in [0.5, 0.6) is 17.6 Å². The van der Waals surface area contributed by atoms with E-state index in [4.69, 9.17) is 23.9 Å². The first-order valence-corrected chi connectivity index (χ1v) is 12.0. The van der Waals surface area contributed by atoms with Crippen LogP contribution in [0.1, 0.15) is 11.7 Å². The molecule has 196 valence electrons. The van der Waals surface area contributed by atoms with E-state index in [1.54, 1.807) is 44.4 Å². The highest BCUT2D eigenvalue weighted by molar-refractivity contribution is 5.70. The number of benzene rings is 1. The summed E-state index contributed by atoms with van der Waals surface area (Å²) in [5, 5.41) is 0. The van der Waals surface area contributed by atoms with Crippen LogP contribution in [0, 0.1) is 0 Å². The number of methoxy groups -OCH3 is 3. The first-order chi connectivity index (χ1) is 18.5. The van der Waals surface area contributed by atoms with Crippen molar-refractivity contribution in [2.45, 2.75) is 6.10 Å². The fraction of sp³-hybridized carbons (Fsp3) is 0.296. The molecule has 0 spiro atoms. The highest BCUT2D eigenvalue weighted by Gasteiger charge is 2.28. The number of nitrogens with zero attached hydrogens (tertiary/aromatic N) is 6. The molecule has 4 heterocycles. The molecule has 1 unspecified atom stereocenters. The van der Waals surface area contributed by atoms with E-state index in [9.17, 15) is 4.79 Å². The lowest BCUT2D eigenvalue weighted by Crippen LogP contribution is -2.41. The van der Waals surface area contributed by atoms with Crippen LogP contribution >= 0.6 is 0 Å². The van der Waals surface area contributed by atoms with Gasteiger partial charge in [0, 0.05) is 49.4 Å². The molecule has 0 bridgehead atoms. The maximum absolute atomic E-state index is 12.8. The fourth-order valence-electron chi connectivity index (χ4n) is 4.46. The molecule has 1 saturated heterocycles. The second kappa shape index (κ2) is 10.9. The summed E-state index contributed by atoms with van der Waals surface area (Å²) in [5.74, 6) is 1.64. The Morgan fingerprint density at radius 2 is 1.79 bits per heavy atom. The van der Waals surface area contributed by atoms with Crippen molar-refractivity contribution in [3.8, 4) is 40.0 Å². The quantitative estimate of drug-likeness (QED) is 0.363. The van der Waals surface area contributed by atoms with Crippen LogP contribution in [0.3, 0.4) is 0 Å². The molecule has 0 saturated carbocycles. The summed E-state index contributed by atoms with van der Waals surface area (Å²) >= 11 is 0. The Morgan fingerprint density at radius 1 is 0.974 bits per heavy atom. The van der Waals surface area contributed by atoms with Gasteiger partial charge in [0.15, 0.2) is 0 Å². The number of anilines is 1. The standard InChI is InChI=1S/C27H28N6O5/c1-32-24(34)14-21(17-7-9-28-10-8-17)30-27(32)33-11-12-38-23(16-33)19-13-18(5-6-22(19)35-2)20-15-29-26(37-4)31-25(20)36-3/h5-10,13-15,23H,11-12,16H2,1-4H3. The lowest BCUT2D eigenvalue weighted by atomic mass is 10.00. The van der Waals surface area contributed by atoms with Crippen LogP contribution in [-0.2, 0) is 11.8 Å². The van der Waals surface area contributed by atoms with E-state index in [-0.39, 0.29) is 17.7 Å². The molecule has 38 heavy (non-hydrogen) atoms. The second-order valence-electron chi connectivity index (χ2n) is 8.62. The van der Waals surface area contributed by atoms with E-state index in [0.29, 0.717) is 48.5 Å². The van der Waals surface area contributed by atoms with Gasteiger partial charge >= 0.3 is 6.01 Å². The van der Waals surface area contributed by atoms with Gasteiger partial charge in [0.05, 0.1) is 45.7 Å². The lowest BCUT2D eigenvalue weighted by Gasteiger charge is -2.35. The van der Waals surface area contributed by atoms with E-state index >= 15 is 0 Å². The van der Waals surface area contributed by atoms with Crippen molar-refractivity contribution in [3.05, 3.63) is 70.9 Å². The van der Waals surface area contributed by atoms with Gasteiger partial charge in [0.1, 0.15) is 11.9 Å². The molecule has 1 atom stereocenters. The van der Waals surface area contributed by atoms with Gasteiger partial charge in [0.25, 0.3) is 5.56 Å². The number of hydrogen-bond acceptors (Lipinski definition) is 10. The van der Waals surface area contributed by atoms with Gasteiger partial charge < -0.3 is 23.8 Å². The molecular formula is C27H28N6O5. The van der Waals surface area contributed by atoms with Gasteiger partial charge in [-0.3, -0.25) is 14.3 Å². The van der Waals surface area contributed by atoms with Crippen molar-refractivity contribution in [1.29, 1.82) is 0 Å². The second-order valence-corrected chi connectivity index (χ2v) is 8.62. The van der Waals surface area contributed by atoms with Crippen LogP contribution < -0.4 is 24.7 Å². The molecule has 4 aromatic rings. The number of morpholine rings is 1. The molecule has 0 amide bonds. The summed E-state index contributed by atoms with van der Waals surface area (Å²) in [6.07, 6.45) is 4.68. The zero-order valence-corrected chi connectivity index (χ0v) is 21.6. The van der Waals surface area contributed by atoms with Gasteiger partial charge in [-0.05, 0) is 29.8 Å². The summed E-state index contributed by atoms with van der Waals surface area (Å²) in [5.41, 5.74) is 3.68. The highest BCUT2D eigenvalue weighted by atomic mass is 16.5. The van der Waals surface area contributed by atoms with Crippen molar-refractivity contribution in [2.24, 2.45) is 7.05 Å². The lowest BCUT2D eigenvalue weighted by molar-refractivity contribution is 0.0375. The number of aromatic nitrogens is 5. The molecule has 11 heteroatoms. The normalized spacial score (nSPS) is 15.3. The molecule has 1 aliphatic rings. The third-order valence-electron chi connectivity index (χ3n) is 6.43. The minimum atomic E-state index is -0.342. The van der Waals surface area contributed by atoms with Crippen molar-refractivity contribution in [2.75, 3.05) is 45.9 Å². The van der Waals surface area contributed by atoms with Gasteiger partial charge in [-0.2, -0.15) is 4.98 Å². The molecule has 5 rings (SSSR count). The van der Waals surface area contributed by atoms with Crippen LogP contribution in [0.25, 0.3) is 22.4 Å². The van der Waals surface area contributed by atoms with Gasteiger partial charge in [-0.1, -0.05) is 6.07 Å². The molecule has 1 aliphatic heterocycles. The van der Waals surface area contributed by atoms with Gasteiger partial charge in [-0.15, -0.1) is 0 Å². The van der Waals surface area contributed by atoms with E-state index in [2.05, 4.69) is 19.9 Å². The zero-order valence-electron chi connectivity index (χ0n) is 21.6. The van der Waals surface area contributed by atoms with Gasteiger partial charge in [0.2, 0.25) is 11.8 Å². The van der Waals surface area contributed by atoms with Crippen LogP contribution in [-0.4, -0.2) is 65.5 Å². The SMILES string of the molecule is COc1ncc(-c2ccc(OC)c(C3CN(c4nc(-c5ccncc5)cc(=O)n4C)CCO3)c2)c(OC)n1. The first-order valence-electron chi connectivity index (χ1n) is 12.0. The van der Waals surface area contributed by atoms with E-state index in [1.165, 1.54) is 13.2 Å². The molecule has 1 fully saturated rings. The first kappa shape index (κ1) is 25.2. The average Bonchev–Trinajstić information content (AvgIpc) is 2.98. The smallest absolute Gasteiger partial charge is 0.319 e. The number of pyridine rings is 1. The van der Waals surface area contributed by atoms with Crippen molar-refractivity contribution >= 4 is 5.95 Å². The predicted molar refractivity (Wildman–Crippen MR) is 141 cm³/mol. The molecule has 1 aromatic carbocycles. The van der Waals surface area contributed by atoms with Crippen LogP contribution in [0.4, 0.5) is 5.95 Å². The minimum Gasteiger partial charge on any atom is -0.496 e. The maximum Gasteiger partial charge on any atom is 0.319 e. The Hall–Kier alpha value is -4.51. The van der Waals surface area contributed by atoms with E-state index < -0.39 is 0 Å². The third-order valence-corrected chi connectivity index (χ3v) is 6.43. The molecule has 3 aromatic heterocycles. The molecule has 0 aliphatic carbocycles. The van der Waals surface area contributed by atoms with E-state index in [0.717, 1.165) is 16.7 Å². The summed E-state index contributed by atoms with van der Waals surface area (Å²) in [4.78, 5) is 32.3. The fourth-order valence-corrected chi connectivity index (χ4v) is 4.46. The monoisotopic (exact) mass is 516 g/mol. The number of ether oxygens (including phenoxy) is 4. The highest BCUT2D eigenvalue weighted by Crippen LogP contribution is 2.37. The molecule has 11 nitrogen and oxygen atoms in total. The minimum absolute atomic E-state index is 0.143. The van der Waals surface area contributed by atoms with Crippen LogP contribution in [0.15, 0.2) is 59.8 Å². The number of rotatable bonds is 7. The molecule has 0 N–H and O–H groups in total. The zero-order chi connectivity index (χ0) is 26.6. The summed E-state index contributed by atoms with van der Waals surface area (Å²) in [7, 11) is 6.40. The topological polar surface area (TPSA) is 114 Å². The Morgan fingerprint density at radius 3 is 2.53 bits per heavy atom. The Kier molecular flexibility index (Phi) is 7.18. The number of hydrogen-bond donors (Lipinski definition) is 0. The van der Waals surface area contributed by atoms with Crippen molar-refractivity contribution < 1.29 is 18.9 Å². The Balaban J connectivity index is 1.50. The summed E-state index contributed by atoms with van der Waals surface area (Å²) in [6, 6.07) is 11.2. The molecular weight excluding hydrogens is 488 g/mol. The average molecular weight is 517 g/mol. The largest absolute Gasteiger partial charge is 0.496 e. The third kappa shape index (κ3) is 4.88. The predicted octanol–water partition coefficient (Wildman–Crippen LogP) is 2.90. The summed E-state index contributed by atoms with van der Waals surface area (Å²) < 4.78 is 24.1. The maximum atomic E-state index is 12.8. The molecule has 0 radical (unpaired) electrons. The Bertz CT molecular complexity index is 1490. The summed E-state index contributed by atoms with van der Waals surface area (Å²) in [6.45, 7) is 1.50. The van der Waals surface area contributed by atoms with Crippen LogP contribution in [0.2, 0.25) is 0 Å². The van der Waals surface area contributed by atoms with Crippen molar-refractivity contribution in [1.82, 2.24) is 24.5 Å². The van der Waals surface area contributed by atoms with E-state index in [1.807, 2.05) is 30.3 Å². The Labute approximate surface area is 219 Å².